The van der Waals surface area contributed by atoms with E-state index in [1.54, 1.807) is 6.92 Å². The van der Waals surface area contributed by atoms with Gasteiger partial charge in [-0.3, -0.25) is 4.79 Å². The van der Waals surface area contributed by atoms with Crippen LogP contribution in [0.25, 0.3) is 0 Å². The SMILES string of the molecule is CC(=O)C(C(C)O)[N+](C)(C)C. The molecule has 3 nitrogen and oxygen atoms in total. The van der Waals surface area contributed by atoms with Crippen LogP contribution in [0.3, 0.4) is 0 Å². The lowest BCUT2D eigenvalue weighted by molar-refractivity contribution is -0.889. The van der Waals surface area contributed by atoms with Crippen LogP contribution in [0, 0.1) is 0 Å². The number of likely N-dealkylation sites (N-methyl/N-ethyl adjacent to an activating group) is 1. The fraction of sp³-hybridized carbons (Fsp3) is 0.875. The van der Waals surface area contributed by atoms with Gasteiger partial charge in [-0.1, -0.05) is 0 Å². The van der Waals surface area contributed by atoms with Crippen molar-refractivity contribution in [3.8, 4) is 0 Å². The Hall–Kier alpha value is -0.410. The largest absolute Gasteiger partial charge is 0.387 e. The van der Waals surface area contributed by atoms with Crippen molar-refractivity contribution in [1.82, 2.24) is 0 Å². The lowest BCUT2D eigenvalue weighted by atomic mass is 10.1. The minimum absolute atomic E-state index is 0.0347. The van der Waals surface area contributed by atoms with Crippen LogP contribution in [-0.4, -0.2) is 48.7 Å². The zero-order valence-electron chi connectivity index (χ0n) is 7.96. The van der Waals surface area contributed by atoms with Crippen molar-refractivity contribution in [2.45, 2.75) is 26.0 Å². The summed E-state index contributed by atoms with van der Waals surface area (Å²) in [6.07, 6.45) is -0.576. The van der Waals surface area contributed by atoms with Gasteiger partial charge in [-0.05, 0) is 6.92 Å². The van der Waals surface area contributed by atoms with Gasteiger partial charge < -0.3 is 9.59 Å². The molecule has 0 aromatic rings. The second-order valence-electron chi connectivity index (χ2n) is 3.91. The van der Waals surface area contributed by atoms with Gasteiger partial charge in [-0.2, -0.15) is 0 Å². The number of nitrogens with zero attached hydrogens (tertiary/aromatic N) is 1. The summed E-state index contributed by atoms with van der Waals surface area (Å²) in [4.78, 5) is 11.1. The summed E-state index contributed by atoms with van der Waals surface area (Å²) in [5.74, 6) is 0.0347. The highest BCUT2D eigenvalue weighted by atomic mass is 16.3. The molecule has 0 radical (unpaired) electrons. The molecule has 0 amide bonds. The van der Waals surface area contributed by atoms with Gasteiger partial charge in [0.1, 0.15) is 6.10 Å². The Kier molecular flexibility index (Phi) is 3.20. The normalized spacial score (nSPS) is 17.6. The molecule has 11 heavy (non-hydrogen) atoms. The number of aliphatic hydroxyl groups excluding tert-OH is 1. The lowest BCUT2D eigenvalue weighted by Crippen LogP contribution is -2.54. The quantitative estimate of drug-likeness (QED) is 0.591. The predicted octanol–water partition coefficient (Wildman–Crippen LogP) is 0.0310. The number of aliphatic hydroxyl groups is 1. The topological polar surface area (TPSA) is 37.3 Å². The molecule has 0 heterocycles. The molecule has 0 saturated heterocycles. The number of carbonyl (C=O) groups excluding carboxylic acids is 1. The molecule has 0 aliphatic carbocycles. The van der Waals surface area contributed by atoms with Gasteiger partial charge >= 0.3 is 0 Å². The summed E-state index contributed by atoms with van der Waals surface area (Å²) in [5, 5.41) is 9.28. The van der Waals surface area contributed by atoms with E-state index in [9.17, 15) is 9.90 Å². The van der Waals surface area contributed by atoms with E-state index >= 15 is 0 Å². The first-order chi connectivity index (χ1) is 4.76. The van der Waals surface area contributed by atoms with Crippen LogP contribution in [0.4, 0.5) is 0 Å². The molecule has 0 rings (SSSR count). The van der Waals surface area contributed by atoms with E-state index in [-0.39, 0.29) is 11.8 Å². The van der Waals surface area contributed by atoms with Crippen LogP contribution >= 0.6 is 0 Å². The maximum Gasteiger partial charge on any atom is 0.189 e. The molecule has 2 atom stereocenters. The van der Waals surface area contributed by atoms with E-state index in [1.807, 2.05) is 21.1 Å². The van der Waals surface area contributed by atoms with Crippen LogP contribution in [0.1, 0.15) is 13.8 Å². The Morgan fingerprint density at radius 1 is 1.36 bits per heavy atom. The van der Waals surface area contributed by atoms with E-state index in [2.05, 4.69) is 0 Å². The van der Waals surface area contributed by atoms with Crippen LogP contribution in [0.5, 0.6) is 0 Å². The van der Waals surface area contributed by atoms with Gasteiger partial charge in [-0.25, -0.2) is 0 Å². The monoisotopic (exact) mass is 160 g/mol. The maximum atomic E-state index is 11.1. The number of hydrogen-bond donors (Lipinski definition) is 1. The van der Waals surface area contributed by atoms with Gasteiger partial charge in [0.25, 0.3) is 0 Å². The van der Waals surface area contributed by atoms with Crippen molar-refractivity contribution in [3.63, 3.8) is 0 Å². The minimum atomic E-state index is -0.576. The molecule has 0 aliphatic heterocycles. The Bertz CT molecular complexity index is 147. The average molecular weight is 160 g/mol. The first kappa shape index (κ1) is 10.6. The molecule has 3 heteroatoms. The van der Waals surface area contributed by atoms with Gasteiger partial charge in [0.2, 0.25) is 0 Å². The fourth-order valence-electron chi connectivity index (χ4n) is 1.53. The number of Topliss-reactive ketones (excluding diaryl/α,β-unsaturated/α-hetero) is 1. The molecule has 0 bridgehead atoms. The molecule has 1 N–H and O–H groups in total. The third kappa shape index (κ3) is 2.99. The molecule has 0 aliphatic rings. The van der Waals surface area contributed by atoms with E-state index < -0.39 is 6.10 Å². The van der Waals surface area contributed by atoms with Gasteiger partial charge in [-0.15, -0.1) is 0 Å². The van der Waals surface area contributed by atoms with Crippen LogP contribution in [0.2, 0.25) is 0 Å². The van der Waals surface area contributed by atoms with Crippen LogP contribution < -0.4 is 0 Å². The van der Waals surface area contributed by atoms with E-state index in [4.69, 9.17) is 0 Å². The minimum Gasteiger partial charge on any atom is -0.387 e. The Labute approximate surface area is 68.2 Å². The van der Waals surface area contributed by atoms with Crippen molar-refractivity contribution >= 4 is 5.78 Å². The van der Waals surface area contributed by atoms with Gasteiger partial charge in [0.05, 0.1) is 21.1 Å². The Morgan fingerprint density at radius 2 is 1.73 bits per heavy atom. The number of hydrogen-bond acceptors (Lipinski definition) is 2. The van der Waals surface area contributed by atoms with Gasteiger partial charge in [0, 0.05) is 6.92 Å². The average Bonchev–Trinajstić information content (AvgIpc) is 1.54. The molecule has 0 spiro atoms. The summed E-state index contributed by atoms with van der Waals surface area (Å²) in [7, 11) is 5.70. The summed E-state index contributed by atoms with van der Waals surface area (Å²) >= 11 is 0. The fourth-order valence-corrected chi connectivity index (χ4v) is 1.53. The summed E-state index contributed by atoms with van der Waals surface area (Å²) in [6, 6.07) is -0.310. The number of rotatable bonds is 3. The smallest absolute Gasteiger partial charge is 0.189 e. The molecule has 66 valence electrons. The molecule has 0 aromatic heterocycles. The summed E-state index contributed by atoms with van der Waals surface area (Å²) in [6.45, 7) is 3.16. The van der Waals surface area contributed by atoms with Gasteiger partial charge in [0.15, 0.2) is 11.8 Å². The van der Waals surface area contributed by atoms with Crippen molar-refractivity contribution in [2.24, 2.45) is 0 Å². The molecule has 0 aromatic carbocycles. The second kappa shape index (κ2) is 3.32. The van der Waals surface area contributed by atoms with Crippen LogP contribution in [-0.2, 0) is 4.79 Å². The highest BCUT2D eigenvalue weighted by Crippen LogP contribution is 2.08. The molecule has 0 fully saturated rings. The zero-order chi connectivity index (χ0) is 9.23. The molecular formula is C8H18NO2+. The third-order valence-electron chi connectivity index (χ3n) is 1.71. The third-order valence-corrected chi connectivity index (χ3v) is 1.71. The van der Waals surface area contributed by atoms with Crippen molar-refractivity contribution in [1.29, 1.82) is 0 Å². The Morgan fingerprint density at radius 3 is 1.73 bits per heavy atom. The number of carbonyl (C=O) groups is 1. The number of ketones is 1. The maximum absolute atomic E-state index is 11.1. The number of quaternary nitrogens is 1. The first-order valence-electron chi connectivity index (χ1n) is 3.76. The highest BCUT2D eigenvalue weighted by molar-refractivity contribution is 5.80. The first-order valence-corrected chi connectivity index (χ1v) is 3.76. The molecular weight excluding hydrogens is 142 g/mol. The zero-order valence-corrected chi connectivity index (χ0v) is 7.96. The standard InChI is InChI=1S/C8H18NO2/c1-6(10)8(7(2)11)9(3,4)5/h6,8,10H,1-5H3/q+1. The second-order valence-corrected chi connectivity index (χ2v) is 3.91. The van der Waals surface area contributed by atoms with Crippen LogP contribution in [0.15, 0.2) is 0 Å². The lowest BCUT2D eigenvalue weighted by Gasteiger charge is -2.33. The van der Waals surface area contributed by atoms with E-state index in [0.717, 1.165) is 0 Å². The Balaban J connectivity index is 4.49. The van der Waals surface area contributed by atoms with E-state index in [0.29, 0.717) is 4.48 Å². The van der Waals surface area contributed by atoms with Crippen molar-refractivity contribution < 1.29 is 14.4 Å². The van der Waals surface area contributed by atoms with Crippen molar-refractivity contribution in [3.05, 3.63) is 0 Å². The van der Waals surface area contributed by atoms with Crippen molar-refractivity contribution in [2.75, 3.05) is 21.1 Å². The molecule has 2 unspecified atom stereocenters. The van der Waals surface area contributed by atoms with E-state index in [1.165, 1.54) is 6.92 Å². The predicted molar refractivity (Wildman–Crippen MR) is 44.2 cm³/mol. The summed E-state index contributed by atoms with van der Waals surface area (Å²) in [5.41, 5.74) is 0. The summed E-state index contributed by atoms with van der Waals surface area (Å²) < 4.78 is 0.479. The highest BCUT2D eigenvalue weighted by Gasteiger charge is 2.32. The molecule has 0 saturated carbocycles.